The van der Waals surface area contributed by atoms with E-state index in [9.17, 15) is 4.79 Å². The fourth-order valence-corrected chi connectivity index (χ4v) is 0.823. The van der Waals surface area contributed by atoms with Gasteiger partial charge in [-0.15, -0.1) is 0 Å². The molecule has 0 saturated heterocycles. The maximum absolute atomic E-state index is 10.8. The molecule has 2 heteroatoms. The molecule has 0 N–H and O–H groups in total. The molecular weight excluding hydrogens is 176 g/mol. The fraction of sp³-hybridized carbons (Fsp3) is 0.417. The quantitative estimate of drug-likeness (QED) is 0.281. The average Bonchev–Trinajstić information content (AvgIpc) is 2.17. The summed E-state index contributed by atoms with van der Waals surface area (Å²) in [4.78, 5) is 10.8. The van der Waals surface area contributed by atoms with Crippen LogP contribution in [0.1, 0.15) is 26.7 Å². The van der Waals surface area contributed by atoms with Gasteiger partial charge in [0.15, 0.2) is 0 Å². The molecule has 0 aromatic carbocycles. The van der Waals surface area contributed by atoms with Crippen LogP contribution in [0.2, 0.25) is 0 Å². The zero-order valence-electron chi connectivity index (χ0n) is 8.90. The molecule has 0 aliphatic heterocycles. The molecule has 0 amide bonds. The first-order valence-corrected chi connectivity index (χ1v) is 4.96. The summed E-state index contributed by atoms with van der Waals surface area (Å²) < 4.78 is 4.71. The van der Waals surface area contributed by atoms with Crippen LogP contribution in [0.15, 0.2) is 36.5 Å². The van der Waals surface area contributed by atoms with Crippen LogP contribution >= 0.6 is 0 Å². The van der Waals surface area contributed by atoms with Crippen LogP contribution in [0.4, 0.5) is 0 Å². The second-order valence-electron chi connectivity index (χ2n) is 2.65. The van der Waals surface area contributed by atoms with Crippen molar-refractivity contribution < 1.29 is 9.53 Å². The lowest BCUT2D eigenvalue weighted by Gasteiger charge is -1.92. The highest BCUT2D eigenvalue weighted by molar-refractivity contribution is 5.82. The molecule has 78 valence electrons. The molecule has 14 heavy (non-hydrogen) atoms. The van der Waals surface area contributed by atoms with Crippen LogP contribution < -0.4 is 0 Å². The summed E-state index contributed by atoms with van der Waals surface area (Å²) in [5.41, 5.74) is 0. The minimum atomic E-state index is -0.291. The molecule has 0 atom stereocenters. The average molecular weight is 194 g/mol. The maximum Gasteiger partial charge on any atom is 0.330 e. The van der Waals surface area contributed by atoms with Gasteiger partial charge in [0, 0.05) is 6.08 Å². The van der Waals surface area contributed by atoms with Crippen LogP contribution in [0.25, 0.3) is 0 Å². The number of carbonyl (C=O) groups is 1. The third-order valence-electron chi connectivity index (χ3n) is 1.44. The summed E-state index contributed by atoms with van der Waals surface area (Å²) in [6, 6.07) is 0. The fourth-order valence-electron chi connectivity index (χ4n) is 0.823. The molecule has 0 aromatic heterocycles. The Labute approximate surface area is 86.0 Å². The Morgan fingerprint density at radius 2 is 1.93 bits per heavy atom. The third kappa shape index (κ3) is 8.78. The zero-order chi connectivity index (χ0) is 10.6. The Bertz CT molecular complexity index is 224. The van der Waals surface area contributed by atoms with E-state index in [4.69, 9.17) is 4.74 Å². The van der Waals surface area contributed by atoms with Crippen molar-refractivity contribution in [2.45, 2.75) is 26.7 Å². The lowest BCUT2D eigenvalue weighted by molar-refractivity contribution is -0.137. The molecule has 0 heterocycles. The van der Waals surface area contributed by atoms with E-state index in [0.29, 0.717) is 6.61 Å². The summed E-state index contributed by atoms with van der Waals surface area (Å²) >= 11 is 0. The first kappa shape index (κ1) is 12.7. The number of rotatable bonds is 6. The van der Waals surface area contributed by atoms with Crippen LogP contribution in [-0.2, 0) is 9.53 Å². The highest BCUT2D eigenvalue weighted by Crippen LogP contribution is 1.89. The number of ether oxygens (including phenoxy) is 1. The second-order valence-corrected chi connectivity index (χ2v) is 2.65. The van der Waals surface area contributed by atoms with Gasteiger partial charge in [-0.2, -0.15) is 0 Å². The second kappa shape index (κ2) is 9.78. The van der Waals surface area contributed by atoms with Crippen molar-refractivity contribution in [3.8, 4) is 0 Å². The van der Waals surface area contributed by atoms with Gasteiger partial charge < -0.3 is 4.74 Å². The Morgan fingerprint density at radius 1 is 1.14 bits per heavy atom. The molecule has 0 aliphatic rings. The maximum atomic E-state index is 10.8. The van der Waals surface area contributed by atoms with Crippen molar-refractivity contribution in [3.63, 3.8) is 0 Å². The predicted molar refractivity (Wildman–Crippen MR) is 59.0 cm³/mol. The van der Waals surface area contributed by atoms with E-state index in [1.807, 2.05) is 12.2 Å². The van der Waals surface area contributed by atoms with Gasteiger partial charge in [0.25, 0.3) is 0 Å². The third-order valence-corrected chi connectivity index (χ3v) is 1.44. The number of carbonyl (C=O) groups excluding carboxylic acids is 1. The molecule has 0 fully saturated rings. The highest BCUT2D eigenvalue weighted by Gasteiger charge is 1.89. The van der Waals surface area contributed by atoms with Gasteiger partial charge in [0.2, 0.25) is 0 Å². The minimum Gasteiger partial charge on any atom is -0.463 e. The van der Waals surface area contributed by atoms with Crippen molar-refractivity contribution in [1.82, 2.24) is 0 Å². The zero-order valence-corrected chi connectivity index (χ0v) is 8.90. The van der Waals surface area contributed by atoms with E-state index >= 15 is 0 Å². The molecule has 0 aromatic rings. The molecule has 0 spiro atoms. The number of hydrogen-bond acceptors (Lipinski definition) is 2. The van der Waals surface area contributed by atoms with E-state index in [1.54, 1.807) is 13.0 Å². The lowest BCUT2D eigenvalue weighted by Crippen LogP contribution is -1.98. The molecule has 0 aliphatic carbocycles. The molecule has 0 unspecified atom stereocenters. The van der Waals surface area contributed by atoms with Gasteiger partial charge in [-0.3, -0.25) is 0 Å². The smallest absolute Gasteiger partial charge is 0.330 e. The van der Waals surface area contributed by atoms with E-state index in [2.05, 4.69) is 19.1 Å². The van der Waals surface area contributed by atoms with E-state index in [1.165, 1.54) is 6.08 Å². The van der Waals surface area contributed by atoms with Crippen LogP contribution in [-0.4, -0.2) is 12.6 Å². The van der Waals surface area contributed by atoms with Gasteiger partial charge in [-0.25, -0.2) is 4.79 Å². The van der Waals surface area contributed by atoms with Crippen molar-refractivity contribution in [3.05, 3.63) is 36.5 Å². The number of hydrogen-bond donors (Lipinski definition) is 0. The number of esters is 1. The Kier molecular flexibility index (Phi) is 8.86. The van der Waals surface area contributed by atoms with Gasteiger partial charge in [0.05, 0.1) is 6.61 Å². The largest absolute Gasteiger partial charge is 0.463 e. The van der Waals surface area contributed by atoms with Gasteiger partial charge in [-0.05, 0) is 19.8 Å². The first-order valence-electron chi connectivity index (χ1n) is 4.96. The van der Waals surface area contributed by atoms with Crippen LogP contribution in [0.3, 0.4) is 0 Å². The molecule has 2 nitrogen and oxygen atoms in total. The first-order chi connectivity index (χ1) is 6.81. The SMILES string of the molecule is CCC=CCC=C/C=C/C(=O)OCC. The Balaban J connectivity index is 3.59. The minimum absolute atomic E-state index is 0.291. The molecule has 0 saturated carbocycles. The topological polar surface area (TPSA) is 26.3 Å². The van der Waals surface area contributed by atoms with E-state index < -0.39 is 0 Å². The van der Waals surface area contributed by atoms with Crippen molar-refractivity contribution in [2.24, 2.45) is 0 Å². The molecule has 0 rings (SSSR count). The van der Waals surface area contributed by atoms with E-state index in [0.717, 1.165) is 12.8 Å². The monoisotopic (exact) mass is 194 g/mol. The van der Waals surface area contributed by atoms with Crippen LogP contribution in [0, 0.1) is 0 Å². The van der Waals surface area contributed by atoms with Crippen molar-refractivity contribution in [2.75, 3.05) is 6.61 Å². The number of allylic oxidation sites excluding steroid dienone is 5. The Hall–Kier alpha value is -1.31. The summed E-state index contributed by atoms with van der Waals surface area (Å²) in [7, 11) is 0. The summed E-state index contributed by atoms with van der Waals surface area (Å²) in [5.74, 6) is -0.291. The summed E-state index contributed by atoms with van der Waals surface area (Å²) in [6.45, 7) is 4.31. The van der Waals surface area contributed by atoms with Crippen molar-refractivity contribution in [1.29, 1.82) is 0 Å². The Morgan fingerprint density at radius 3 is 2.57 bits per heavy atom. The summed E-state index contributed by atoms with van der Waals surface area (Å²) in [6.07, 6.45) is 13.1. The lowest BCUT2D eigenvalue weighted by atomic mass is 10.3. The molecular formula is C12H18O2. The van der Waals surface area contributed by atoms with Crippen molar-refractivity contribution >= 4 is 5.97 Å². The molecule has 0 radical (unpaired) electrons. The van der Waals surface area contributed by atoms with E-state index in [-0.39, 0.29) is 5.97 Å². The van der Waals surface area contributed by atoms with Gasteiger partial charge in [0.1, 0.15) is 0 Å². The van der Waals surface area contributed by atoms with Crippen LogP contribution in [0.5, 0.6) is 0 Å². The predicted octanol–water partition coefficient (Wildman–Crippen LogP) is 3.02. The molecule has 0 bridgehead atoms. The summed E-state index contributed by atoms with van der Waals surface area (Å²) in [5, 5.41) is 0. The van der Waals surface area contributed by atoms with Gasteiger partial charge in [-0.1, -0.05) is 37.3 Å². The normalized spacial score (nSPS) is 11.9. The van der Waals surface area contributed by atoms with Gasteiger partial charge >= 0.3 is 5.97 Å². The highest BCUT2D eigenvalue weighted by atomic mass is 16.5. The standard InChI is InChI=1S/C12H18O2/c1-3-5-6-7-8-9-10-11-12(13)14-4-2/h5-6,8-11H,3-4,7H2,1-2H3/b6-5?,9-8?,11-10+.